The number of halogens is 1. The minimum absolute atomic E-state index is 0.00853. The first-order valence-corrected chi connectivity index (χ1v) is 11.9. The van der Waals surface area contributed by atoms with Crippen LogP contribution in [0.3, 0.4) is 0 Å². The Morgan fingerprint density at radius 1 is 1.12 bits per heavy atom. The van der Waals surface area contributed by atoms with E-state index in [1.165, 1.54) is 23.5 Å². The van der Waals surface area contributed by atoms with Gasteiger partial charge in [-0.2, -0.15) is 4.98 Å². The second-order valence-electron chi connectivity index (χ2n) is 7.50. The van der Waals surface area contributed by atoms with Crippen molar-refractivity contribution >= 4 is 28.6 Å². The third-order valence-corrected chi connectivity index (χ3v) is 7.37. The maximum atomic E-state index is 13.2. The van der Waals surface area contributed by atoms with Gasteiger partial charge in [0.25, 0.3) is 5.91 Å². The molecule has 0 atom stereocenters. The van der Waals surface area contributed by atoms with Gasteiger partial charge in [0.15, 0.2) is 0 Å². The molecular formula is C22H20FN5O2S2. The van der Waals surface area contributed by atoms with Crippen molar-refractivity contribution in [3.63, 3.8) is 0 Å². The van der Waals surface area contributed by atoms with Crippen molar-refractivity contribution in [2.45, 2.75) is 13.5 Å². The zero-order valence-corrected chi connectivity index (χ0v) is 19.0. The Kier molecular flexibility index (Phi) is 5.81. The van der Waals surface area contributed by atoms with E-state index in [1.54, 1.807) is 23.5 Å². The Morgan fingerprint density at radius 3 is 2.62 bits per heavy atom. The summed E-state index contributed by atoms with van der Waals surface area (Å²) in [5.41, 5.74) is 1.51. The number of amides is 1. The van der Waals surface area contributed by atoms with Crippen LogP contribution in [0.1, 0.15) is 21.3 Å². The van der Waals surface area contributed by atoms with E-state index in [-0.39, 0.29) is 11.7 Å². The van der Waals surface area contributed by atoms with Crippen LogP contribution in [0.5, 0.6) is 0 Å². The smallest absolute Gasteiger partial charge is 0.265 e. The van der Waals surface area contributed by atoms with Gasteiger partial charge in [-0.15, -0.1) is 22.7 Å². The molecular weight excluding hydrogens is 449 g/mol. The quantitative estimate of drug-likeness (QED) is 0.433. The molecule has 0 unspecified atom stereocenters. The maximum Gasteiger partial charge on any atom is 0.265 e. The van der Waals surface area contributed by atoms with Gasteiger partial charge in [-0.3, -0.25) is 9.69 Å². The molecule has 1 amide bonds. The largest absolute Gasteiger partial charge is 0.338 e. The Hall–Kier alpha value is -2.95. The Bertz CT molecular complexity index is 1210. The fourth-order valence-electron chi connectivity index (χ4n) is 3.58. The van der Waals surface area contributed by atoms with E-state index in [0.717, 1.165) is 28.5 Å². The number of aromatic nitrogens is 3. The molecule has 1 saturated heterocycles. The lowest BCUT2D eigenvalue weighted by atomic mass is 10.2. The van der Waals surface area contributed by atoms with Gasteiger partial charge in [0.05, 0.1) is 17.1 Å². The van der Waals surface area contributed by atoms with Gasteiger partial charge < -0.3 is 9.42 Å². The standard InChI is InChI=1S/C22H20FN5O2S2/c1-14-19(32-21(24-14)15-4-6-16(23)7-5-15)22(29)28-10-8-27(9-11-28)13-18-25-20(26-30-18)17-3-2-12-31-17/h2-7,12H,8-11,13H2,1H3. The number of thiazole rings is 1. The van der Waals surface area contributed by atoms with Crippen LogP contribution in [0.25, 0.3) is 21.3 Å². The van der Waals surface area contributed by atoms with Crippen molar-refractivity contribution in [1.82, 2.24) is 24.9 Å². The summed E-state index contributed by atoms with van der Waals surface area (Å²) < 4.78 is 18.6. The highest BCUT2D eigenvalue weighted by molar-refractivity contribution is 7.17. The molecule has 1 aromatic carbocycles. The van der Waals surface area contributed by atoms with Crippen LogP contribution in [0, 0.1) is 12.7 Å². The predicted octanol–water partition coefficient (Wildman–Crippen LogP) is 4.33. The lowest BCUT2D eigenvalue weighted by molar-refractivity contribution is 0.0619. The van der Waals surface area contributed by atoms with Crippen molar-refractivity contribution in [2.24, 2.45) is 0 Å². The van der Waals surface area contributed by atoms with Gasteiger partial charge in [0.2, 0.25) is 11.7 Å². The van der Waals surface area contributed by atoms with Crippen LogP contribution in [0.15, 0.2) is 46.3 Å². The summed E-state index contributed by atoms with van der Waals surface area (Å²) in [7, 11) is 0. The summed E-state index contributed by atoms with van der Waals surface area (Å²) in [6.07, 6.45) is 0. The number of hydrogen-bond acceptors (Lipinski definition) is 8. The Labute approximate surface area is 192 Å². The first-order valence-electron chi connectivity index (χ1n) is 10.2. The average Bonchev–Trinajstić information content (AvgIpc) is 3.55. The second kappa shape index (κ2) is 8.89. The van der Waals surface area contributed by atoms with Crippen molar-refractivity contribution in [1.29, 1.82) is 0 Å². The SMILES string of the molecule is Cc1nc(-c2ccc(F)cc2)sc1C(=O)N1CCN(Cc2nc(-c3cccs3)no2)CC1. The van der Waals surface area contributed by atoms with Gasteiger partial charge in [0, 0.05) is 31.7 Å². The van der Waals surface area contributed by atoms with Gasteiger partial charge in [-0.25, -0.2) is 9.37 Å². The highest BCUT2D eigenvalue weighted by Crippen LogP contribution is 2.29. The normalized spacial score (nSPS) is 14.8. The number of piperazine rings is 1. The van der Waals surface area contributed by atoms with Crippen LogP contribution in [0.4, 0.5) is 4.39 Å². The summed E-state index contributed by atoms with van der Waals surface area (Å²) in [4.78, 5) is 27.8. The molecule has 32 heavy (non-hydrogen) atoms. The van der Waals surface area contributed by atoms with Crippen molar-refractivity contribution < 1.29 is 13.7 Å². The molecule has 0 radical (unpaired) electrons. The van der Waals surface area contributed by atoms with E-state index in [0.29, 0.717) is 41.9 Å². The van der Waals surface area contributed by atoms with Gasteiger partial charge in [0.1, 0.15) is 15.7 Å². The van der Waals surface area contributed by atoms with Crippen molar-refractivity contribution in [3.8, 4) is 21.3 Å². The molecule has 1 aliphatic rings. The molecule has 3 aromatic heterocycles. The fourth-order valence-corrected chi connectivity index (χ4v) is 5.27. The molecule has 0 bridgehead atoms. The van der Waals surface area contributed by atoms with Gasteiger partial charge in [-0.05, 0) is 42.6 Å². The number of thiophene rings is 1. The summed E-state index contributed by atoms with van der Waals surface area (Å²) in [6.45, 7) is 5.10. The first kappa shape index (κ1) is 20.9. The highest BCUT2D eigenvalue weighted by Gasteiger charge is 2.26. The molecule has 0 saturated carbocycles. The Balaban J connectivity index is 1.20. The summed E-state index contributed by atoms with van der Waals surface area (Å²) in [5.74, 6) is 0.891. The Morgan fingerprint density at radius 2 is 1.91 bits per heavy atom. The average molecular weight is 470 g/mol. The molecule has 1 fully saturated rings. The lowest BCUT2D eigenvalue weighted by Gasteiger charge is -2.33. The number of hydrogen-bond donors (Lipinski definition) is 0. The van der Waals surface area contributed by atoms with Crippen LogP contribution < -0.4 is 0 Å². The van der Waals surface area contributed by atoms with E-state index in [9.17, 15) is 9.18 Å². The third kappa shape index (κ3) is 4.34. The molecule has 164 valence electrons. The van der Waals surface area contributed by atoms with Gasteiger partial charge in [-0.1, -0.05) is 11.2 Å². The van der Waals surface area contributed by atoms with Crippen molar-refractivity contribution in [3.05, 3.63) is 64.1 Å². The van der Waals surface area contributed by atoms with E-state index >= 15 is 0 Å². The van der Waals surface area contributed by atoms with Crippen LogP contribution in [-0.2, 0) is 6.54 Å². The molecule has 4 aromatic rings. The number of carbonyl (C=O) groups excluding carboxylic acids is 1. The zero-order valence-electron chi connectivity index (χ0n) is 17.3. The number of carbonyl (C=O) groups is 1. The molecule has 0 N–H and O–H groups in total. The topological polar surface area (TPSA) is 75.4 Å². The second-order valence-corrected chi connectivity index (χ2v) is 9.44. The summed E-state index contributed by atoms with van der Waals surface area (Å²) >= 11 is 2.93. The summed E-state index contributed by atoms with van der Waals surface area (Å²) in [6, 6.07) is 10.1. The number of rotatable bonds is 5. The van der Waals surface area contributed by atoms with Crippen LogP contribution >= 0.6 is 22.7 Å². The lowest BCUT2D eigenvalue weighted by Crippen LogP contribution is -2.48. The van der Waals surface area contributed by atoms with Crippen molar-refractivity contribution in [2.75, 3.05) is 26.2 Å². The molecule has 4 heterocycles. The number of nitrogens with zero attached hydrogens (tertiary/aromatic N) is 5. The number of aryl methyl sites for hydroxylation is 1. The van der Waals surface area contributed by atoms with Crippen LogP contribution in [-0.4, -0.2) is 57.0 Å². The third-order valence-electron chi connectivity index (χ3n) is 5.31. The maximum absolute atomic E-state index is 13.2. The molecule has 5 rings (SSSR count). The predicted molar refractivity (Wildman–Crippen MR) is 121 cm³/mol. The molecule has 10 heteroatoms. The minimum Gasteiger partial charge on any atom is -0.338 e. The highest BCUT2D eigenvalue weighted by atomic mass is 32.1. The molecule has 1 aliphatic heterocycles. The molecule has 7 nitrogen and oxygen atoms in total. The van der Waals surface area contributed by atoms with E-state index in [2.05, 4.69) is 20.0 Å². The van der Waals surface area contributed by atoms with E-state index < -0.39 is 0 Å². The van der Waals surface area contributed by atoms with E-state index in [4.69, 9.17) is 4.52 Å². The number of benzene rings is 1. The first-order chi connectivity index (χ1) is 15.6. The zero-order chi connectivity index (χ0) is 22.1. The summed E-state index contributed by atoms with van der Waals surface area (Å²) in [5, 5.41) is 6.76. The fraction of sp³-hybridized carbons (Fsp3) is 0.273. The van der Waals surface area contributed by atoms with E-state index in [1.807, 2.05) is 29.3 Å². The monoisotopic (exact) mass is 469 g/mol. The molecule has 0 aliphatic carbocycles. The van der Waals surface area contributed by atoms with Gasteiger partial charge >= 0.3 is 0 Å². The minimum atomic E-state index is -0.292. The molecule has 0 spiro atoms. The van der Waals surface area contributed by atoms with Crippen LogP contribution in [0.2, 0.25) is 0 Å².